The molecule has 1 aromatic heterocycles. The molecular weight excluding hydrogens is 220 g/mol. The average molecular weight is 236 g/mol. The molecule has 1 aromatic carbocycles. The molecule has 0 fully saturated rings. The summed E-state index contributed by atoms with van der Waals surface area (Å²) in [6.45, 7) is 6.57. The molecule has 0 atom stereocenters. The summed E-state index contributed by atoms with van der Waals surface area (Å²) >= 11 is 0. The largest absolute Gasteiger partial charge is 0.256 e. The van der Waals surface area contributed by atoms with Crippen molar-refractivity contribution in [2.75, 3.05) is 0 Å². The van der Waals surface area contributed by atoms with Crippen LogP contribution in [0.15, 0.2) is 42.6 Å². The molecule has 0 radical (unpaired) electrons. The van der Waals surface area contributed by atoms with E-state index in [1.807, 2.05) is 6.07 Å². The minimum Gasteiger partial charge on any atom is -0.256 e. The van der Waals surface area contributed by atoms with E-state index in [0.717, 1.165) is 11.3 Å². The molecule has 18 heavy (non-hydrogen) atoms. The Labute approximate surface area is 108 Å². The first-order valence-electron chi connectivity index (χ1n) is 5.98. The molecule has 0 saturated carbocycles. The quantitative estimate of drug-likeness (QED) is 0.752. The zero-order valence-electron chi connectivity index (χ0n) is 10.9. The van der Waals surface area contributed by atoms with Crippen LogP contribution in [0.25, 0.3) is 11.3 Å². The number of nitrogens with zero attached hydrogens (tertiary/aromatic N) is 2. The van der Waals surface area contributed by atoms with E-state index in [0.29, 0.717) is 5.56 Å². The summed E-state index contributed by atoms with van der Waals surface area (Å²) in [5, 5.41) is 8.88. The normalized spacial score (nSPS) is 11.0. The number of aromatic nitrogens is 1. The zero-order chi connectivity index (χ0) is 13.2. The van der Waals surface area contributed by atoms with Crippen molar-refractivity contribution in [3.05, 3.63) is 53.7 Å². The van der Waals surface area contributed by atoms with Crippen molar-refractivity contribution >= 4 is 0 Å². The Morgan fingerprint density at radius 3 is 2.28 bits per heavy atom. The monoisotopic (exact) mass is 236 g/mol. The number of pyridine rings is 1. The Kier molecular flexibility index (Phi) is 3.16. The molecule has 0 aliphatic carbocycles. The van der Waals surface area contributed by atoms with Crippen LogP contribution in [0.4, 0.5) is 0 Å². The summed E-state index contributed by atoms with van der Waals surface area (Å²) in [4.78, 5) is 4.30. The number of nitriles is 1. The highest BCUT2D eigenvalue weighted by Gasteiger charge is 2.13. The molecule has 0 aliphatic heterocycles. The molecule has 0 unspecified atom stereocenters. The maximum atomic E-state index is 8.88. The van der Waals surface area contributed by atoms with E-state index in [1.54, 1.807) is 12.3 Å². The summed E-state index contributed by atoms with van der Waals surface area (Å²) in [5.74, 6) is 0. The Balaban J connectivity index is 2.38. The van der Waals surface area contributed by atoms with Gasteiger partial charge in [-0.1, -0.05) is 45.0 Å². The fourth-order valence-corrected chi connectivity index (χ4v) is 1.80. The number of benzene rings is 1. The second kappa shape index (κ2) is 4.62. The Morgan fingerprint density at radius 2 is 1.72 bits per heavy atom. The van der Waals surface area contributed by atoms with E-state index in [9.17, 15) is 0 Å². The second-order valence-electron chi connectivity index (χ2n) is 5.37. The molecule has 0 amide bonds. The standard InChI is InChI=1S/C16H16N2/c1-16(2,3)14-6-4-13(5-7-14)15-10-12(11-17)8-9-18-15/h4-10H,1-3H3. The van der Waals surface area contributed by atoms with Crippen LogP contribution in [0.2, 0.25) is 0 Å². The summed E-state index contributed by atoms with van der Waals surface area (Å²) < 4.78 is 0. The smallest absolute Gasteiger partial charge is 0.0992 e. The number of hydrogen-bond donors (Lipinski definition) is 0. The first kappa shape index (κ1) is 12.3. The molecule has 90 valence electrons. The summed E-state index contributed by atoms with van der Waals surface area (Å²) in [6, 6.07) is 14.0. The van der Waals surface area contributed by atoms with E-state index < -0.39 is 0 Å². The van der Waals surface area contributed by atoms with E-state index in [-0.39, 0.29) is 5.41 Å². The predicted octanol–water partition coefficient (Wildman–Crippen LogP) is 3.92. The molecule has 0 saturated heterocycles. The highest BCUT2D eigenvalue weighted by molar-refractivity contribution is 5.61. The second-order valence-corrected chi connectivity index (χ2v) is 5.37. The Bertz CT molecular complexity index is 584. The summed E-state index contributed by atoms with van der Waals surface area (Å²) in [6.07, 6.45) is 1.67. The van der Waals surface area contributed by atoms with Crippen molar-refractivity contribution < 1.29 is 0 Å². The summed E-state index contributed by atoms with van der Waals surface area (Å²) in [7, 11) is 0. The van der Waals surface area contributed by atoms with Gasteiger partial charge in [0, 0.05) is 11.8 Å². The fourth-order valence-electron chi connectivity index (χ4n) is 1.80. The zero-order valence-corrected chi connectivity index (χ0v) is 10.9. The highest BCUT2D eigenvalue weighted by Crippen LogP contribution is 2.25. The van der Waals surface area contributed by atoms with Crippen molar-refractivity contribution in [1.29, 1.82) is 5.26 Å². The predicted molar refractivity (Wildman–Crippen MR) is 73.1 cm³/mol. The average Bonchev–Trinajstić information content (AvgIpc) is 2.38. The van der Waals surface area contributed by atoms with Gasteiger partial charge in [-0.15, -0.1) is 0 Å². The Hall–Kier alpha value is -2.14. The van der Waals surface area contributed by atoms with Crippen molar-refractivity contribution in [2.45, 2.75) is 26.2 Å². The van der Waals surface area contributed by atoms with Crippen molar-refractivity contribution in [2.24, 2.45) is 0 Å². The van der Waals surface area contributed by atoms with Crippen LogP contribution >= 0.6 is 0 Å². The molecule has 2 heteroatoms. The van der Waals surface area contributed by atoms with Crippen LogP contribution in [-0.2, 0) is 5.41 Å². The van der Waals surface area contributed by atoms with Gasteiger partial charge < -0.3 is 0 Å². The van der Waals surface area contributed by atoms with Gasteiger partial charge in [0.2, 0.25) is 0 Å². The molecule has 0 N–H and O–H groups in total. The van der Waals surface area contributed by atoms with Crippen LogP contribution in [0.3, 0.4) is 0 Å². The van der Waals surface area contributed by atoms with Crippen molar-refractivity contribution in [1.82, 2.24) is 4.98 Å². The molecule has 2 rings (SSSR count). The summed E-state index contributed by atoms with van der Waals surface area (Å²) in [5.41, 5.74) is 3.97. The minimum atomic E-state index is 0.153. The minimum absolute atomic E-state index is 0.153. The molecule has 1 heterocycles. The number of hydrogen-bond acceptors (Lipinski definition) is 2. The molecule has 0 aliphatic rings. The van der Waals surface area contributed by atoms with Gasteiger partial charge in [0.05, 0.1) is 17.3 Å². The van der Waals surface area contributed by atoms with E-state index in [1.165, 1.54) is 5.56 Å². The van der Waals surface area contributed by atoms with Gasteiger partial charge in [-0.25, -0.2) is 0 Å². The van der Waals surface area contributed by atoms with Gasteiger partial charge >= 0.3 is 0 Å². The maximum absolute atomic E-state index is 8.88. The Morgan fingerprint density at radius 1 is 1.06 bits per heavy atom. The van der Waals surface area contributed by atoms with Crippen LogP contribution in [-0.4, -0.2) is 4.98 Å². The lowest BCUT2D eigenvalue weighted by Gasteiger charge is -2.19. The van der Waals surface area contributed by atoms with Crippen molar-refractivity contribution in [3.8, 4) is 17.3 Å². The third-order valence-electron chi connectivity index (χ3n) is 2.94. The van der Waals surface area contributed by atoms with Gasteiger partial charge in [0.25, 0.3) is 0 Å². The molecule has 2 aromatic rings. The SMILES string of the molecule is CC(C)(C)c1ccc(-c2cc(C#N)ccn2)cc1. The topological polar surface area (TPSA) is 36.7 Å². The molecule has 0 spiro atoms. The maximum Gasteiger partial charge on any atom is 0.0992 e. The van der Waals surface area contributed by atoms with Gasteiger partial charge in [0.1, 0.15) is 0 Å². The van der Waals surface area contributed by atoms with Crippen LogP contribution in [0.5, 0.6) is 0 Å². The fraction of sp³-hybridized carbons (Fsp3) is 0.250. The van der Waals surface area contributed by atoms with Crippen LogP contribution in [0.1, 0.15) is 31.9 Å². The van der Waals surface area contributed by atoms with Gasteiger partial charge in [-0.2, -0.15) is 5.26 Å². The molecule has 0 bridgehead atoms. The lowest BCUT2D eigenvalue weighted by atomic mass is 9.86. The first-order chi connectivity index (χ1) is 8.50. The van der Waals surface area contributed by atoms with E-state index in [2.05, 4.69) is 56.1 Å². The van der Waals surface area contributed by atoms with Crippen molar-refractivity contribution in [3.63, 3.8) is 0 Å². The highest BCUT2D eigenvalue weighted by atomic mass is 14.7. The number of rotatable bonds is 1. The molecule has 2 nitrogen and oxygen atoms in total. The first-order valence-corrected chi connectivity index (χ1v) is 5.98. The lowest BCUT2D eigenvalue weighted by Crippen LogP contribution is -2.10. The molecular formula is C16H16N2. The van der Waals surface area contributed by atoms with Gasteiger partial charge in [-0.05, 0) is 23.1 Å². The van der Waals surface area contributed by atoms with E-state index >= 15 is 0 Å². The van der Waals surface area contributed by atoms with Gasteiger partial charge in [-0.3, -0.25) is 4.98 Å². The lowest BCUT2D eigenvalue weighted by molar-refractivity contribution is 0.590. The van der Waals surface area contributed by atoms with Gasteiger partial charge in [0.15, 0.2) is 0 Å². The van der Waals surface area contributed by atoms with Crippen LogP contribution in [0, 0.1) is 11.3 Å². The van der Waals surface area contributed by atoms with Crippen LogP contribution < -0.4 is 0 Å². The van der Waals surface area contributed by atoms with E-state index in [4.69, 9.17) is 5.26 Å². The third-order valence-corrected chi connectivity index (χ3v) is 2.94. The third kappa shape index (κ3) is 2.57.